The Balaban J connectivity index is 1.98. The van der Waals surface area contributed by atoms with E-state index in [0.29, 0.717) is 15.9 Å². The average Bonchev–Trinajstić information content (AvgIpc) is 2.83. The zero-order chi connectivity index (χ0) is 13.4. The molecule has 0 fully saturated rings. The topological polar surface area (TPSA) is 24.9 Å². The lowest BCUT2D eigenvalue weighted by atomic mass is 10.2. The number of pyridine rings is 1. The van der Waals surface area contributed by atoms with Crippen molar-refractivity contribution in [1.82, 2.24) is 4.98 Å². The van der Waals surface area contributed by atoms with Crippen molar-refractivity contribution in [2.75, 3.05) is 5.32 Å². The van der Waals surface area contributed by atoms with E-state index in [-0.39, 0.29) is 5.15 Å². The van der Waals surface area contributed by atoms with Gasteiger partial charge in [-0.2, -0.15) is 0 Å². The molecule has 0 amide bonds. The molecule has 0 aliphatic heterocycles. The monoisotopic (exact) mass is 328 g/mol. The summed E-state index contributed by atoms with van der Waals surface area (Å²) in [6.45, 7) is 0. The number of benzene rings is 1. The summed E-state index contributed by atoms with van der Waals surface area (Å²) in [5.74, 6) is 0.491. The van der Waals surface area contributed by atoms with Crippen LogP contribution in [0.25, 0.3) is 10.1 Å². The Hall–Kier alpha value is -1.00. The second-order valence-electron chi connectivity index (χ2n) is 3.89. The van der Waals surface area contributed by atoms with Crippen LogP contribution in [0, 0.1) is 0 Å². The summed E-state index contributed by atoms with van der Waals surface area (Å²) in [4.78, 5) is 4.13. The van der Waals surface area contributed by atoms with Gasteiger partial charge in [0, 0.05) is 10.4 Å². The third-order valence-corrected chi connectivity index (χ3v) is 4.46. The standard InChI is InChI=1S/C13H7Cl3N2S/c14-9-6-10(15)13(18-12(9)16)17-8-1-2-11-7(5-8)3-4-19-11/h1-6H,(H,17,18). The Morgan fingerprint density at radius 2 is 1.84 bits per heavy atom. The molecule has 0 saturated carbocycles. The van der Waals surface area contributed by atoms with E-state index in [1.165, 1.54) is 10.1 Å². The highest BCUT2D eigenvalue weighted by Crippen LogP contribution is 2.32. The summed E-state index contributed by atoms with van der Waals surface area (Å²) in [7, 11) is 0. The van der Waals surface area contributed by atoms with Gasteiger partial charge in [0.25, 0.3) is 0 Å². The highest BCUT2D eigenvalue weighted by Gasteiger charge is 2.08. The van der Waals surface area contributed by atoms with Crippen molar-refractivity contribution in [3.8, 4) is 0 Å². The first-order chi connectivity index (χ1) is 9.13. The highest BCUT2D eigenvalue weighted by atomic mass is 35.5. The SMILES string of the molecule is Clc1cc(Cl)c(Nc2ccc3sccc3c2)nc1Cl. The Kier molecular flexibility index (Phi) is 3.54. The Bertz CT molecular complexity index is 755. The maximum Gasteiger partial charge on any atom is 0.151 e. The Morgan fingerprint density at radius 3 is 2.68 bits per heavy atom. The van der Waals surface area contributed by atoms with Gasteiger partial charge in [0.1, 0.15) is 5.15 Å². The first-order valence-corrected chi connectivity index (χ1v) is 7.40. The van der Waals surface area contributed by atoms with Crippen LogP contribution >= 0.6 is 46.1 Å². The second-order valence-corrected chi connectivity index (χ2v) is 6.01. The van der Waals surface area contributed by atoms with E-state index in [1.54, 1.807) is 17.4 Å². The van der Waals surface area contributed by atoms with Crippen molar-refractivity contribution in [1.29, 1.82) is 0 Å². The van der Waals surface area contributed by atoms with Gasteiger partial charge < -0.3 is 5.32 Å². The third kappa shape index (κ3) is 2.65. The van der Waals surface area contributed by atoms with Crippen LogP contribution in [-0.2, 0) is 0 Å². The number of hydrogen-bond acceptors (Lipinski definition) is 3. The minimum absolute atomic E-state index is 0.227. The maximum absolute atomic E-state index is 6.08. The van der Waals surface area contributed by atoms with E-state index in [9.17, 15) is 0 Å². The van der Waals surface area contributed by atoms with Crippen molar-refractivity contribution >= 4 is 67.7 Å². The van der Waals surface area contributed by atoms with E-state index in [0.717, 1.165) is 5.69 Å². The van der Waals surface area contributed by atoms with E-state index < -0.39 is 0 Å². The summed E-state index contributed by atoms with van der Waals surface area (Å²) in [5.41, 5.74) is 0.902. The number of nitrogens with zero attached hydrogens (tertiary/aromatic N) is 1. The number of hydrogen-bond donors (Lipinski definition) is 1. The summed E-state index contributed by atoms with van der Waals surface area (Å²) in [6.07, 6.45) is 0. The van der Waals surface area contributed by atoms with Gasteiger partial charge in [-0.1, -0.05) is 34.8 Å². The molecule has 96 valence electrons. The van der Waals surface area contributed by atoms with Crippen molar-refractivity contribution in [3.05, 3.63) is 50.9 Å². The molecule has 3 rings (SSSR count). The van der Waals surface area contributed by atoms with Crippen molar-refractivity contribution in [3.63, 3.8) is 0 Å². The molecule has 0 aliphatic carbocycles. The largest absolute Gasteiger partial charge is 0.339 e. The van der Waals surface area contributed by atoms with Crippen molar-refractivity contribution in [2.45, 2.75) is 0 Å². The van der Waals surface area contributed by atoms with Crippen LogP contribution in [0.2, 0.25) is 15.2 Å². The summed E-state index contributed by atoms with van der Waals surface area (Å²) < 4.78 is 1.23. The fourth-order valence-electron chi connectivity index (χ4n) is 1.71. The number of anilines is 2. The molecule has 2 nitrogen and oxygen atoms in total. The molecule has 0 spiro atoms. The van der Waals surface area contributed by atoms with Gasteiger partial charge in [-0.3, -0.25) is 0 Å². The molecule has 1 aromatic carbocycles. The second kappa shape index (κ2) is 5.17. The lowest BCUT2D eigenvalue weighted by molar-refractivity contribution is 1.31. The van der Waals surface area contributed by atoms with Crippen molar-refractivity contribution in [2.24, 2.45) is 0 Å². The first-order valence-electron chi connectivity index (χ1n) is 5.39. The lowest BCUT2D eigenvalue weighted by Gasteiger charge is -2.08. The smallest absolute Gasteiger partial charge is 0.151 e. The van der Waals surface area contributed by atoms with Gasteiger partial charge in [0.05, 0.1) is 10.0 Å². The van der Waals surface area contributed by atoms with Crippen LogP contribution in [0.5, 0.6) is 0 Å². The number of halogens is 3. The van der Waals surface area contributed by atoms with E-state index in [4.69, 9.17) is 34.8 Å². The van der Waals surface area contributed by atoms with Crippen LogP contribution in [0.3, 0.4) is 0 Å². The van der Waals surface area contributed by atoms with E-state index >= 15 is 0 Å². The van der Waals surface area contributed by atoms with Gasteiger partial charge in [-0.05, 0) is 41.1 Å². The van der Waals surface area contributed by atoms with Gasteiger partial charge >= 0.3 is 0 Å². The maximum atomic E-state index is 6.08. The minimum atomic E-state index is 0.227. The number of thiophene rings is 1. The first kappa shape index (κ1) is 13.0. The average molecular weight is 330 g/mol. The van der Waals surface area contributed by atoms with Crippen LogP contribution in [0.4, 0.5) is 11.5 Å². The molecule has 0 saturated heterocycles. The summed E-state index contributed by atoms with van der Waals surface area (Å²) >= 11 is 19.5. The molecule has 0 bridgehead atoms. The minimum Gasteiger partial charge on any atom is -0.339 e. The molecule has 2 aromatic heterocycles. The summed E-state index contributed by atoms with van der Waals surface area (Å²) in [6, 6.07) is 9.69. The number of rotatable bonds is 2. The number of aromatic nitrogens is 1. The molecule has 0 radical (unpaired) electrons. The van der Waals surface area contributed by atoms with Crippen LogP contribution in [0.1, 0.15) is 0 Å². The predicted octanol–water partition coefficient (Wildman–Crippen LogP) is 6.00. The van der Waals surface area contributed by atoms with Crippen molar-refractivity contribution < 1.29 is 0 Å². The molecule has 0 aliphatic rings. The van der Waals surface area contributed by atoms with Gasteiger partial charge in [-0.25, -0.2) is 4.98 Å². The number of nitrogens with one attached hydrogen (secondary N) is 1. The quantitative estimate of drug-likeness (QED) is 0.583. The zero-order valence-corrected chi connectivity index (χ0v) is 12.5. The van der Waals surface area contributed by atoms with Gasteiger partial charge in [0.2, 0.25) is 0 Å². The fourth-order valence-corrected chi connectivity index (χ4v) is 3.03. The van der Waals surface area contributed by atoms with E-state index in [2.05, 4.69) is 21.7 Å². The Morgan fingerprint density at radius 1 is 1.00 bits per heavy atom. The molecule has 6 heteroatoms. The molecule has 2 heterocycles. The normalized spacial score (nSPS) is 10.9. The van der Waals surface area contributed by atoms with E-state index in [1.807, 2.05) is 18.2 Å². The molecular formula is C13H7Cl3N2S. The molecule has 0 atom stereocenters. The third-order valence-electron chi connectivity index (χ3n) is 2.60. The van der Waals surface area contributed by atoms with Crippen LogP contribution in [0.15, 0.2) is 35.7 Å². The molecule has 3 aromatic rings. The Labute approximate surface area is 128 Å². The molecule has 19 heavy (non-hydrogen) atoms. The molecule has 0 unspecified atom stereocenters. The molecular weight excluding hydrogens is 323 g/mol. The molecule has 1 N–H and O–H groups in total. The van der Waals surface area contributed by atoms with Gasteiger partial charge in [-0.15, -0.1) is 11.3 Å². The number of fused-ring (bicyclic) bond motifs is 1. The zero-order valence-electron chi connectivity index (χ0n) is 9.45. The predicted molar refractivity (Wildman–Crippen MR) is 84.4 cm³/mol. The highest BCUT2D eigenvalue weighted by molar-refractivity contribution is 7.17. The fraction of sp³-hybridized carbons (Fsp3) is 0. The van der Waals surface area contributed by atoms with Crippen LogP contribution in [-0.4, -0.2) is 4.98 Å². The van der Waals surface area contributed by atoms with Gasteiger partial charge in [0.15, 0.2) is 5.82 Å². The van der Waals surface area contributed by atoms with Crippen LogP contribution < -0.4 is 5.32 Å². The summed E-state index contributed by atoms with van der Waals surface area (Å²) in [5, 5.41) is 7.36. The lowest BCUT2D eigenvalue weighted by Crippen LogP contribution is -1.95.